The Morgan fingerprint density at radius 1 is 1.22 bits per heavy atom. The second-order valence-corrected chi connectivity index (χ2v) is 6.41. The normalized spacial score (nSPS) is 12.7. The molecule has 1 aromatic rings. The molecule has 5 nitrogen and oxygen atoms in total. The molecule has 0 spiro atoms. The molecule has 1 atom stereocenters. The maximum absolute atomic E-state index is 5.34. The molecule has 0 aliphatic heterocycles. The Morgan fingerprint density at radius 3 is 2.57 bits per heavy atom. The third-order valence-corrected chi connectivity index (χ3v) is 4.36. The van der Waals surface area contributed by atoms with Crippen molar-refractivity contribution in [3.05, 3.63) is 23.8 Å². The summed E-state index contributed by atoms with van der Waals surface area (Å²) in [6, 6.07) is 6.01. The average molecular weight is 340 g/mol. The van der Waals surface area contributed by atoms with Gasteiger partial charge in [0.05, 0.1) is 20.8 Å². The van der Waals surface area contributed by atoms with Crippen molar-refractivity contribution in [3.63, 3.8) is 0 Å². The van der Waals surface area contributed by atoms with E-state index in [0.29, 0.717) is 5.25 Å². The van der Waals surface area contributed by atoms with Crippen LogP contribution in [0.1, 0.15) is 19.4 Å². The van der Waals surface area contributed by atoms with Gasteiger partial charge in [-0.3, -0.25) is 4.99 Å². The van der Waals surface area contributed by atoms with Crippen molar-refractivity contribution < 1.29 is 9.47 Å². The molecule has 0 bridgehead atoms. The zero-order chi connectivity index (χ0) is 17.1. The fourth-order valence-corrected chi connectivity index (χ4v) is 2.22. The van der Waals surface area contributed by atoms with Gasteiger partial charge in [-0.05, 0) is 37.3 Å². The van der Waals surface area contributed by atoms with Crippen LogP contribution in [0.5, 0.6) is 11.5 Å². The summed E-state index contributed by atoms with van der Waals surface area (Å²) in [6.45, 7) is 6.74. The lowest BCUT2D eigenvalue weighted by Crippen LogP contribution is -2.38. The van der Waals surface area contributed by atoms with E-state index in [0.717, 1.165) is 43.5 Å². The molecule has 0 aliphatic carbocycles. The largest absolute Gasteiger partial charge is 0.493 e. The number of methoxy groups -OCH3 is 2. The van der Waals surface area contributed by atoms with Crippen molar-refractivity contribution in [2.24, 2.45) is 4.99 Å². The van der Waals surface area contributed by atoms with Gasteiger partial charge in [-0.2, -0.15) is 11.8 Å². The van der Waals surface area contributed by atoms with Crippen molar-refractivity contribution >= 4 is 17.7 Å². The van der Waals surface area contributed by atoms with E-state index in [-0.39, 0.29) is 0 Å². The highest BCUT2D eigenvalue weighted by Gasteiger charge is 2.05. The molecule has 0 radical (unpaired) electrons. The Balaban J connectivity index is 2.55. The number of rotatable bonds is 9. The monoisotopic (exact) mass is 339 g/mol. The molecule has 0 fully saturated rings. The lowest BCUT2D eigenvalue weighted by molar-refractivity contribution is 0.354. The van der Waals surface area contributed by atoms with E-state index in [1.807, 2.05) is 23.9 Å². The smallest absolute Gasteiger partial charge is 0.191 e. The highest BCUT2D eigenvalue weighted by Crippen LogP contribution is 2.27. The Morgan fingerprint density at radius 2 is 1.96 bits per heavy atom. The quantitative estimate of drug-likeness (QED) is 0.535. The van der Waals surface area contributed by atoms with Gasteiger partial charge in [0.2, 0.25) is 0 Å². The van der Waals surface area contributed by atoms with Crippen molar-refractivity contribution in [2.45, 2.75) is 25.5 Å². The number of guanidine groups is 1. The van der Waals surface area contributed by atoms with Gasteiger partial charge in [-0.25, -0.2) is 0 Å². The Kier molecular flexibility index (Phi) is 9.36. The Labute approximate surface area is 144 Å². The van der Waals surface area contributed by atoms with E-state index in [1.54, 1.807) is 14.2 Å². The molecular weight excluding hydrogens is 310 g/mol. The molecule has 2 N–H and O–H groups in total. The lowest BCUT2D eigenvalue weighted by atomic mass is 10.1. The lowest BCUT2D eigenvalue weighted by Gasteiger charge is -2.13. The van der Waals surface area contributed by atoms with Crippen LogP contribution in [0.4, 0.5) is 0 Å². The molecule has 0 amide bonds. The molecular formula is C17H29N3O2S. The fourth-order valence-electron chi connectivity index (χ4n) is 2.00. The summed E-state index contributed by atoms with van der Waals surface area (Å²) in [6.07, 6.45) is 3.00. The summed E-state index contributed by atoms with van der Waals surface area (Å²) in [7, 11) is 3.30. The summed E-state index contributed by atoms with van der Waals surface area (Å²) in [5.41, 5.74) is 1.20. The first kappa shape index (κ1) is 19.5. The summed E-state index contributed by atoms with van der Waals surface area (Å²) in [5.74, 6) is 2.39. The Bertz CT molecular complexity index is 495. The Hall–Kier alpha value is -1.56. The average Bonchev–Trinajstić information content (AvgIpc) is 2.59. The zero-order valence-corrected chi connectivity index (χ0v) is 15.6. The predicted molar refractivity (Wildman–Crippen MR) is 100 cm³/mol. The minimum absolute atomic E-state index is 0.524. The van der Waals surface area contributed by atoms with Crippen molar-refractivity contribution in [1.82, 2.24) is 10.6 Å². The van der Waals surface area contributed by atoms with Crippen molar-refractivity contribution in [2.75, 3.05) is 40.1 Å². The van der Waals surface area contributed by atoms with Gasteiger partial charge in [0.25, 0.3) is 0 Å². The van der Waals surface area contributed by atoms with Gasteiger partial charge < -0.3 is 20.1 Å². The van der Waals surface area contributed by atoms with Crippen molar-refractivity contribution in [3.8, 4) is 11.5 Å². The molecule has 0 aliphatic rings. The van der Waals surface area contributed by atoms with E-state index in [1.165, 1.54) is 5.56 Å². The van der Waals surface area contributed by atoms with Crippen molar-refractivity contribution in [1.29, 1.82) is 0 Å². The van der Waals surface area contributed by atoms with Gasteiger partial charge in [0, 0.05) is 18.3 Å². The molecule has 1 aromatic carbocycles. The minimum atomic E-state index is 0.524. The first-order valence-electron chi connectivity index (χ1n) is 7.90. The number of nitrogens with zero attached hydrogens (tertiary/aromatic N) is 1. The van der Waals surface area contributed by atoms with Gasteiger partial charge in [0.15, 0.2) is 17.5 Å². The van der Waals surface area contributed by atoms with E-state index >= 15 is 0 Å². The number of nitrogens with one attached hydrogen (secondary N) is 2. The van der Waals surface area contributed by atoms with Crippen LogP contribution in [0.2, 0.25) is 0 Å². The van der Waals surface area contributed by atoms with Gasteiger partial charge in [-0.15, -0.1) is 0 Å². The summed E-state index contributed by atoms with van der Waals surface area (Å²) >= 11 is 1.82. The standard InChI is InChI=1S/C17H29N3O2S/c1-6-18-17(20-12-13(2)23-5)19-10-9-14-7-8-15(21-3)16(11-14)22-4/h7-8,11,13H,6,9-10,12H2,1-5H3,(H2,18,19,20). The highest BCUT2D eigenvalue weighted by atomic mass is 32.2. The van der Waals surface area contributed by atoms with Crippen LogP contribution in [0.3, 0.4) is 0 Å². The first-order chi connectivity index (χ1) is 11.1. The van der Waals surface area contributed by atoms with Crippen LogP contribution >= 0.6 is 11.8 Å². The molecule has 6 heteroatoms. The topological polar surface area (TPSA) is 54.9 Å². The van der Waals surface area contributed by atoms with E-state index in [4.69, 9.17) is 9.47 Å². The molecule has 23 heavy (non-hydrogen) atoms. The molecule has 0 heterocycles. The highest BCUT2D eigenvalue weighted by molar-refractivity contribution is 7.99. The van der Waals surface area contributed by atoms with E-state index in [9.17, 15) is 0 Å². The SMILES string of the molecule is CCNC(=NCC(C)SC)NCCc1ccc(OC)c(OC)c1. The number of benzene rings is 1. The maximum atomic E-state index is 5.34. The molecule has 0 saturated heterocycles. The number of hydrogen-bond donors (Lipinski definition) is 2. The molecule has 1 rings (SSSR count). The molecule has 0 saturated carbocycles. The molecule has 0 aromatic heterocycles. The third-order valence-electron chi connectivity index (χ3n) is 3.41. The third kappa shape index (κ3) is 7.03. The van der Waals surface area contributed by atoms with Crippen LogP contribution in [-0.4, -0.2) is 51.3 Å². The second-order valence-electron chi connectivity index (χ2n) is 5.13. The van der Waals surface area contributed by atoms with E-state index < -0.39 is 0 Å². The number of thioether (sulfide) groups is 1. The predicted octanol–water partition coefficient (Wildman–Crippen LogP) is 2.55. The second kappa shape index (κ2) is 11.0. The van der Waals surface area contributed by atoms with Crippen LogP contribution in [0.25, 0.3) is 0 Å². The van der Waals surface area contributed by atoms with Crippen LogP contribution in [0, 0.1) is 0 Å². The minimum Gasteiger partial charge on any atom is -0.493 e. The van der Waals surface area contributed by atoms with Gasteiger partial charge in [0.1, 0.15) is 0 Å². The van der Waals surface area contributed by atoms with Crippen LogP contribution < -0.4 is 20.1 Å². The van der Waals surface area contributed by atoms with Crippen LogP contribution in [0.15, 0.2) is 23.2 Å². The summed E-state index contributed by atoms with van der Waals surface area (Å²) in [5, 5.41) is 7.17. The number of ether oxygens (including phenoxy) is 2. The molecule has 1 unspecified atom stereocenters. The summed E-state index contributed by atoms with van der Waals surface area (Å²) < 4.78 is 10.6. The molecule has 130 valence electrons. The number of aliphatic imine (C=N–C) groups is 1. The van der Waals surface area contributed by atoms with Crippen LogP contribution in [-0.2, 0) is 6.42 Å². The summed E-state index contributed by atoms with van der Waals surface area (Å²) in [4.78, 5) is 4.61. The van der Waals surface area contributed by atoms with Gasteiger partial charge in [-0.1, -0.05) is 13.0 Å². The first-order valence-corrected chi connectivity index (χ1v) is 9.19. The van der Waals surface area contributed by atoms with E-state index in [2.05, 4.69) is 41.8 Å². The fraction of sp³-hybridized carbons (Fsp3) is 0.588. The van der Waals surface area contributed by atoms with Gasteiger partial charge >= 0.3 is 0 Å². The maximum Gasteiger partial charge on any atom is 0.191 e. The zero-order valence-electron chi connectivity index (χ0n) is 14.8. The number of hydrogen-bond acceptors (Lipinski definition) is 4.